The Labute approximate surface area is 223 Å². The fraction of sp³-hybridized carbons (Fsp3) is 0.345. The van der Waals surface area contributed by atoms with Crippen molar-refractivity contribution in [1.82, 2.24) is 14.8 Å². The molecular formula is C29H34N4O3S. The Hall–Kier alpha value is -3.52. The number of fused-ring (bicyclic) bond motifs is 1. The van der Waals surface area contributed by atoms with Crippen LogP contribution in [0.15, 0.2) is 77.6 Å². The van der Waals surface area contributed by atoms with E-state index in [0.717, 1.165) is 16.9 Å². The number of benzene rings is 2. The molecule has 0 fully saturated rings. The Morgan fingerprint density at radius 2 is 1.92 bits per heavy atom. The van der Waals surface area contributed by atoms with Gasteiger partial charge in [0.25, 0.3) is 0 Å². The number of hydrogen-bond acceptors (Lipinski definition) is 7. The highest BCUT2D eigenvalue weighted by Gasteiger charge is 2.36. The van der Waals surface area contributed by atoms with Crippen LogP contribution in [-0.2, 0) is 21.6 Å². The van der Waals surface area contributed by atoms with Crippen LogP contribution < -0.4 is 10.1 Å². The van der Waals surface area contributed by atoms with Gasteiger partial charge in [0.1, 0.15) is 25.0 Å². The minimum atomic E-state index is -0.563. The summed E-state index contributed by atoms with van der Waals surface area (Å²) in [5.41, 5.74) is 4.35. The summed E-state index contributed by atoms with van der Waals surface area (Å²) < 4.78 is 13.6. The van der Waals surface area contributed by atoms with Gasteiger partial charge in [-0.15, -0.1) is 5.10 Å². The molecule has 1 N–H and O–H groups in total. The summed E-state index contributed by atoms with van der Waals surface area (Å²) in [6, 6.07) is 15.7. The molecule has 0 bridgehead atoms. The van der Waals surface area contributed by atoms with Crippen LogP contribution in [-0.4, -0.2) is 33.1 Å². The van der Waals surface area contributed by atoms with Crippen LogP contribution in [0.25, 0.3) is 0 Å². The van der Waals surface area contributed by atoms with Crippen molar-refractivity contribution in [2.75, 3.05) is 17.7 Å². The third kappa shape index (κ3) is 5.91. The maximum Gasteiger partial charge on any atom is 0.338 e. The molecule has 1 atom stereocenters. The van der Waals surface area contributed by atoms with Gasteiger partial charge in [0.05, 0.1) is 5.57 Å². The van der Waals surface area contributed by atoms with Crippen molar-refractivity contribution in [2.45, 2.75) is 57.8 Å². The summed E-state index contributed by atoms with van der Waals surface area (Å²) in [6.07, 6.45) is 1.55. The van der Waals surface area contributed by atoms with Crippen LogP contribution in [0.4, 0.5) is 5.95 Å². The molecule has 1 aliphatic heterocycles. The summed E-state index contributed by atoms with van der Waals surface area (Å²) >= 11 is 1.54. The highest BCUT2D eigenvalue weighted by atomic mass is 32.2. The molecule has 2 aromatic carbocycles. The Bertz CT molecular complexity index is 1310. The first-order valence-corrected chi connectivity index (χ1v) is 13.4. The highest BCUT2D eigenvalue weighted by molar-refractivity contribution is 7.99. The molecule has 3 aromatic rings. The van der Waals surface area contributed by atoms with E-state index in [2.05, 4.69) is 61.9 Å². The summed E-state index contributed by atoms with van der Waals surface area (Å²) in [5, 5.41) is 8.59. The lowest BCUT2D eigenvalue weighted by molar-refractivity contribution is -0.138. The second-order valence-corrected chi connectivity index (χ2v) is 11.1. The number of ether oxygens (including phenoxy) is 2. The first-order valence-electron chi connectivity index (χ1n) is 12.4. The molecule has 4 rings (SSSR count). The predicted octanol–water partition coefficient (Wildman–Crippen LogP) is 6.28. The molecule has 1 aliphatic rings. The van der Waals surface area contributed by atoms with Gasteiger partial charge in [-0.2, -0.15) is 4.98 Å². The average molecular weight is 519 g/mol. The Morgan fingerprint density at radius 1 is 1.19 bits per heavy atom. The van der Waals surface area contributed by atoms with E-state index >= 15 is 0 Å². The number of hydrogen-bond donors (Lipinski definition) is 1. The van der Waals surface area contributed by atoms with Gasteiger partial charge in [-0.05, 0) is 35.3 Å². The topological polar surface area (TPSA) is 78.3 Å². The zero-order valence-corrected chi connectivity index (χ0v) is 22.9. The number of esters is 1. The fourth-order valence-corrected chi connectivity index (χ4v) is 4.74. The zero-order chi connectivity index (χ0) is 26.6. The second-order valence-electron chi connectivity index (χ2n) is 9.82. The fourth-order valence-electron chi connectivity index (χ4n) is 4.19. The largest absolute Gasteiger partial charge is 0.489 e. The van der Waals surface area contributed by atoms with Crippen LogP contribution in [0.2, 0.25) is 0 Å². The van der Waals surface area contributed by atoms with Crippen LogP contribution in [0.3, 0.4) is 0 Å². The van der Waals surface area contributed by atoms with Gasteiger partial charge in [0, 0.05) is 11.3 Å². The lowest BCUT2D eigenvalue weighted by Gasteiger charge is -2.29. The van der Waals surface area contributed by atoms with Crippen molar-refractivity contribution >= 4 is 23.7 Å². The zero-order valence-electron chi connectivity index (χ0n) is 22.1. The minimum Gasteiger partial charge on any atom is -0.489 e. The number of nitrogens with one attached hydrogen (secondary N) is 1. The number of aromatic nitrogens is 3. The molecule has 0 saturated carbocycles. The van der Waals surface area contributed by atoms with E-state index in [-0.39, 0.29) is 12.0 Å². The predicted molar refractivity (Wildman–Crippen MR) is 148 cm³/mol. The van der Waals surface area contributed by atoms with E-state index in [0.29, 0.717) is 34.7 Å². The Kier molecular flexibility index (Phi) is 8.07. The van der Waals surface area contributed by atoms with E-state index < -0.39 is 12.0 Å². The van der Waals surface area contributed by atoms with E-state index in [9.17, 15) is 4.79 Å². The number of nitrogens with zero attached hydrogens (tertiary/aromatic N) is 3. The van der Waals surface area contributed by atoms with Gasteiger partial charge in [-0.3, -0.25) is 0 Å². The molecule has 0 amide bonds. The third-order valence-electron chi connectivity index (χ3n) is 6.09. The molecule has 0 spiro atoms. The van der Waals surface area contributed by atoms with Crippen molar-refractivity contribution in [1.29, 1.82) is 0 Å². The third-order valence-corrected chi connectivity index (χ3v) is 6.81. The van der Waals surface area contributed by atoms with E-state index in [1.54, 1.807) is 22.5 Å². The number of rotatable bonds is 9. The molecule has 0 aliphatic carbocycles. The smallest absolute Gasteiger partial charge is 0.338 e. The SMILES string of the molecule is C=CCOC(=O)C1=C(C)Nc2nc(SCC)nn2C1c1ccccc1OCc1ccc(C(C)(C)C)cc1. The van der Waals surface area contributed by atoms with E-state index in [1.165, 1.54) is 5.56 Å². The second kappa shape index (κ2) is 11.3. The van der Waals surface area contributed by atoms with Crippen molar-refractivity contribution < 1.29 is 14.3 Å². The van der Waals surface area contributed by atoms with E-state index in [4.69, 9.17) is 14.6 Å². The van der Waals surface area contributed by atoms with Crippen LogP contribution in [0.5, 0.6) is 5.75 Å². The van der Waals surface area contributed by atoms with Crippen molar-refractivity contribution in [3.63, 3.8) is 0 Å². The molecule has 7 nitrogen and oxygen atoms in total. The molecule has 194 valence electrons. The molecule has 37 heavy (non-hydrogen) atoms. The molecule has 8 heteroatoms. The number of allylic oxidation sites excluding steroid dienone is 1. The van der Waals surface area contributed by atoms with Crippen molar-refractivity contribution in [2.24, 2.45) is 0 Å². The lowest BCUT2D eigenvalue weighted by Crippen LogP contribution is -2.30. The molecule has 1 aromatic heterocycles. The first-order chi connectivity index (χ1) is 17.7. The minimum absolute atomic E-state index is 0.0895. The number of anilines is 1. The van der Waals surface area contributed by atoms with Crippen LogP contribution in [0.1, 0.15) is 57.4 Å². The molecule has 0 radical (unpaired) electrons. The highest BCUT2D eigenvalue weighted by Crippen LogP contribution is 2.40. The summed E-state index contributed by atoms with van der Waals surface area (Å²) in [7, 11) is 0. The first kappa shape index (κ1) is 26.5. The van der Waals surface area contributed by atoms with Gasteiger partial charge in [0.2, 0.25) is 11.1 Å². The molecule has 2 heterocycles. The Morgan fingerprint density at radius 3 is 2.59 bits per heavy atom. The van der Waals surface area contributed by atoms with Gasteiger partial charge in [-0.1, -0.05) is 94.6 Å². The van der Waals surface area contributed by atoms with Gasteiger partial charge >= 0.3 is 5.97 Å². The van der Waals surface area contributed by atoms with Crippen molar-refractivity contribution in [3.05, 3.63) is 89.1 Å². The number of carbonyl (C=O) groups is 1. The van der Waals surface area contributed by atoms with Gasteiger partial charge < -0.3 is 14.8 Å². The maximum absolute atomic E-state index is 13.2. The van der Waals surface area contributed by atoms with Crippen LogP contribution >= 0.6 is 11.8 Å². The number of para-hydroxylation sites is 1. The summed E-state index contributed by atoms with van der Waals surface area (Å²) in [6.45, 7) is 14.7. The van der Waals surface area contributed by atoms with Crippen molar-refractivity contribution in [3.8, 4) is 5.75 Å². The van der Waals surface area contributed by atoms with Crippen LogP contribution in [0, 0.1) is 0 Å². The number of thioether (sulfide) groups is 1. The summed E-state index contributed by atoms with van der Waals surface area (Å²) in [5.74, 6) is 1.64. The Balaban J connectivity index is 1.70. The molecule has 0 saturated heterocycles. The standard InChI is InChI=1S/C29H34N4O3S/c1-7-17-35-26(34)24-19(3)30-27-31-28(37-8-2)32-33(27)25(24)22-11-9-10-12-23(22)36-18-20-13-15-21(16-14-20)29(4,5)6/h7,9-16,25H,1,8,17-18H2,2-6H3,(H,30,31,32). The average Bonchev–Trinajstić information content (AvgIpc) is 3.27. The molecular weight excluding hydrogens is 484 g/mol. The monoisotopic (exact) mass is 518 g/mol. The quantitative estimate of drug-likeness (QED) is 0.203. The maximum atomic E-state index is 13.2. The van der Waals surface area contributed by atoms with Gasteiger partial charge in [-0.25, -0.2) is 9.48 Å². The normalized spacial score (nSPS) is 15.1. The lowest BCUT2D eigenvalue weighted by atomic mass is 9.87. The van der Waals surface area contributed by atoms with Gasteiger partial charge in [0.15, 0.2) is 0 Å². The number of carbonyl (C=O) groups excluding carboxylic acids is 1. The summed E-state index contributed by atoms with van der Waals surface area (Å²) in [4.78, 5) is 17.9. The van der Waals surface area contributed by atoms with E-state index in [1.807, 2.05) is 38.1 Å². The molecule has 1 unspecified atom stereocenters.